The summed E-state index contributed by atoms with van der Waals surface area (Å²) in [6, 6.07) is 12.9. The molecule has 0 unspecified atom stereocenters. The second kappa shape index (κ2) is 7.90. The average molecular weight is 392 g/mol. The normalized spacial score (nSPS) is 11.5. The Labute approximate surface area is 155 Å². The summed E-state index contributed by atoms with van der Waals surface area (Å²) in [5, 5.41) is 12.9. The molecule has 0 fully saturated rings. The van der Waals surface area contributed by atoms with Gasteiger partial charge in [0.1, 0.15) is 10.8 Å². The summed E-state index contributed by atoms with van der Waals surface area (Å²) in [6.07, 6.45) is 0.593. The third kappa shape index (κ3) is 4.63. The molecule has 3 aromatic rings. The lowest BCUT2D eigenvalue weighted by Crippen LogP contribution is -2.18. The molecule has 2 N–H and O–H groups in total. The van der Waals surface area contributed by atoms with E-state index in [9.17, 15) is 12.8 Å². The van der Waals surface area contributed by atoms with Gasteiger partial charge in [-0.1, -0.05) is 35.6 Å². The minimum Gasteiger partial charge on any atom is -0.356 e. The van der Waals surface area contributed by atoms with Crippen molar-refractivity contribution in [2.45, 2.75) is 17.9 Å². The number of hydrogen-bond donors (Lipinski definition) is 2. The fraction of sp³-hybridized carbons (Fsp3) is 0.176. The van der Waals surface area contributed by atoms with Crippen molar-refractivity contribution in [3.05, 3.63) is 70.5 Å². The Kier molecular flexibility index (Phi) is 5.60. The van der Waals surface area contributed by atoms with E-state index in [1.165, 1.54) is 30.5 Å². The summed E-state index contributed by atoms with van der Waals surface area (Å²) in [4.78, 5) is 0.223. The third-order valence-corrected chi connectivity index (χ3v) is 5.99. The highest BCUT2D eigenvalue weighted by Gasteiger charge is 2.10. The molecule has 136 valence electrons. The number of halogens is 1. The Morgan fingerprint density at radius 1 is 1.00 bits per heavy atom. The molecule has 2 aromatic carbocycles. The van der Waals surface area contributed by atoms with E-state index in [1.807, 2.05) is 0 Å². The maximum atomic E-state index is 12.9. The van der Waals surface area contributed by atoms with Crippen molar-refractivity contribution in [3.63, 3.8) is 0 Å². The van der Waals surface area contributed by atoms with Gasteiger partial charge in [0.25, 0.3) is 0 Å². The summed E-state index contributed by atoms with van der Waals surface area (Å²) in [7, 11) is -2.05. The molecule has 26 heavy (non-hydrogen) atoms. The standard InChI is InChI=1S/C17H17FN4O2S2/c1-19-26(23,24)15-8-4-13(5-9-15)11-20-17-22-21-16(25-17)10-12-2-6-14(18)7-3-12/h2-9,19H,10-11H2,1H3,(H,20,22). The molecule has 0 saturated carbocycles. The Balaban J connectivity index is 1.58. The van der Waals surface area contributed by atoms with Gasteiger partial charge < -0.3 is 5.32 Å². The fourth-order valence-electron chi connectivity index (χ4n) is 2.26. The van der Waals surface area contributed by atoms with Crippen molar-refractivity contribution in [3.8, 4) is 0 Å². The highest BCUT2D eigenvalue weighted by atomic mass is 32.2. The fourth-order valence-corrected chi connectivity index (χ4v) is 3.76. The lowest BCUT2D eigenvalue weighted by Gasteiger charge is -2.05. The molecule has 0 aliphatic carbocycles. The van der Waals surface area contributed by atoms with E-state index in [-0.39, 0.29) is 10.7 Å². The molecule has 1 aromatic heterocycles. The molecule has 6 nitrogen and oxygen atoms in total. The van der Waals surface area contributed by atoms with Crippen molar-refractivity contribution in [1.29, 1.82) is 0 Å². The van der Waals surface area contributed by atoms with Crippen LogP contribution < -0.4 is 10.0 Å². The minimum atomic E-state index is -3.43. The molecule has 9 heteroatoms. The quantitative estimate of drug-likeness (QED) is 0.646. The number of anilines is 1. The molecule has 0 bridgehead atoms. The van der Waals surface area contributed by atoms with Crippen LogP contribution in [0.25, 0.3) is 0 Å². The van der Waals surface area contributed by atoms with Gasteiger partial charge in [0, 0.05) is 13.0 Å². The van der Waals surface area contributed by atoms with Crippen LogP contribution in [0.4, 0.5) is 9.52 Å². The minimum absolute atomic E-state index is 0.223. The van der Waals surface area contributed by atoms with E-state index in [2.05, 4.69) is 20.2 Å². The van der Waals surface area contributed by atoms with Crippen LogP contribution in [-0.4, -0.2) is 25.7 Å². The summed E-state index contributed by atoms with van der Waals surface area (Å²) in [6.45, 7) is 0.505. The third-order valence-electron chi connectivity index (χ3n) is 3.68. The first-order valence-corrected chi connectivity index (χ1v) is 10.1. The van der Waals surface area contributed by atoms with Crippen molar-refractivity contribution in [1.82, 2.24) is 14.9 Å². The SMILES string of the molecule is CNS(=O)(=O)c1ccc(CNc2nnc(Cc3ccc(F)cc3)s2)cc1. The van der Waals surface area contributed by atoms with Gasteiger partial charge in [-0.25, -0.2) is 17.5 Å². The first kappa shape index (κ1) is 18.4. The van der Waals surface area contributed by atoms with Crippen LogP contribution >= 0.6 is 11.3 Å². The van der Waals surface area contributed by atoms with Crippen LogP contribution in [0.1, 0.15) is 16.1 Å². The lowest BCUT2D eigenvalue weighted by atomic mass is 10.2. The molecule has 0 radical (unpaired) electrons. The Bertz CT molecular complexity index is 971. The van der Waals surface area contributed by atoms with Crippen LogP contribution in [0, 0.1) is 5.82 Å². The van der Waals surface area contributed by atoms with E-state index in [0.29, 0.717) is 18.1 Å². The van der Waals surface area contributed by atoms with Crippen molar-refractivity contribution in [2.75, 3.05) is 12.4 Å². The number of benzene rings is 2. The second-order valence-electron chi connectivity index (χ2n) is 5.51. The average Bonchev–Trinajstić information content (AvgIpc) is 3.10. The van der Waals surface area contributed by atoms with Gasteiger partial charge in [0.2, 0.25) is 15.2 Å². The summed E-state index contributed by atoms with van der Waals surface area (Å²) in [5.41, 5.74) is 1.89. The zero-order valence-electron chi connectivity index (χ0n) is 13.9. The summed E-state index contributed by atoms with van der Waals surface area (Å²) in [5.74, 6) is -0.262. The van der Waals surface area contributed by atoms with Crippen LogP contribution in [0.2, 0.25) is 0 Å². The zero-order chi connectivity index (χ0) is 18.6. The predicted octanol–water partition coefficient (Wildman–Crippen LogP) is 2.79. The number of rotatable bonds is 7. The molecule has 1 heterocycles. The van der Waals surface area contributed by atoms with Crippen LogP contribution in [-0.2, 0) is 23.0 Å². The monoisotopic (exact) mass is 392 g/mol. The highest BCUT2D eigenvalue weighted by molar-refractivity contribution is 7.89. The second-order valence-corrected chi connectivity index (χ2v) is 8.46. The highest BCUT2D eigenvalue weighted by Crippen LogP contribution is 2.20. The van der Waals surface area contributed by atoms with Gasteiger partial charge in [-0.15, -0.1) is 10.2 Å². The van der Waals surface area contributed by atoms with E-state index in [4.69, 9.17) is 0 Å². The predicted molar refractivity (Wildman–Crippen MR) is 99.1 cm³/mol. The molecule has 0 saturated heterocycles. The Hall–Kier alpha value is -2.36. The maximum absolute atomic E-state index is 12.9. The lowest BCUT2D eigenvalue weighted by molar-refractivity contribution is 0.588. The number of nitrogens with zero attached hydrogens (tertiary/aromatic N) is 2. The molecule has 0 aliphatic heterocycles. The van der Waals surface area contributed by atoms with Crippen LogP contribution in [0.3, 0.4) is 0 Å². The number of sulfonamides is 1. The molecular weight excluding hydrogens is 375 g/mol. The van der Waals surface area contributed by atoms with Crippen molar-refractivity contribution < 1.29 is 12.8 Å². The van der Waals surface area contributed by atoms with Crippen LogP contribution in [0.5, 0.6) is 0 Å². The van der Waals surface area contributed by atoms with Crippen molar-refractivity contribution >= 4 is 26.5 Å². The zero-order valence-corrected chi connectivity index (χ0v) is 15.6. The van der Waals surface area contributed by atoms with Crippen LogP contribution in [0.15, 0.2) is 53.4 Å². The van der Waals surface area contributed by atoms with Gasteiger partial charge in [-0.3, -0.25) is 0 Å². The van der Waals surface area contributed by atoms with E-state index in [0.717, 1.165) is 16.1 Å². The van der Waals surface area contributed by atoms with E-state index < -0.39 is 10.0 Å². The smallest absolute Gasteiger partial charge is 0.240 e. The Morgan fingerprint density at radius 3 is 2.31 bits per heavy atom. The van der Waals surface area contributed by atoms with Gasteiger partial charge in [-0.2, -0.15) is 0 Å². The number of hydrogen-bond acceptors (Lipinski definition) is 6. The number of aromatic nitrogens is 2. The molecule has 0 amide bonds. The molecule has 3 rings (SSSR count). The van der Waals surface area contributed by atoms with Gasteiger partial charge in [-0.05, 0) is 42.4 Å². The van der Waals surface area contributed by atoms with Gasteiger partial charge in [0.15, 0.2) is 0 Å². The van der Waals surface area contributed by atoms with Gasteiger partial charge in [0.05, 0.1) is 4.90 Å². The van der Waals surface area contributed by atoms with Crippen molar-refractivity contribution in [2.24, 2.45) is 0 Å². The largest absolute Gasteiger partial charge is 0.356 e. The topological polar surface area (TPSA) is 84.0 Å². The molecule has 0 spiro atoms. The first-order chi connectivity index (χ1) is 12.5. The van der Waals surface area contributed by atoms with Gasteiger partial charge >= 0.3 is 0 Å². The Morgan fingerprint density at radius 2 is 1.65 bits per heavy atom. The number of nitrogens with one attached hydrogen (secondary N) is 2. The molecule has 0 aliphatic rings. The summed E-state index contributed by atoms with van der Waals surface area (Å²) >= 11 is 1.43. The van der Waals surface area contributed by atoms with E-state index >= 15 is 0 Å². The summed E-state index contributed by atoms with van der Waals surface area (Å²) < 4.78 is 38.6. The maximum Gasteiger partial charge on any atom is 0.240 e. The molecular formula is C17H17FN4O2S2. The molecule has 0 atom stereocenters. The first-order valence-electron chi connectivity index (χ1n) is 7.79. The van der Waals surface area contributed by atoms with E-state index in [1.54, 1.807) is 36.4 Å².